The van der Waals surface area contributed by atoms with Gasteiger partial charge in [0.15, 0.2) is 18.0 Å². The Labute approximate surface area is 133 Å². The van der Waals surface area contributed by atoms with Crippen molar-refractivity contribution in [3.63, 3.8) is 0 Å². The lowest BCUT2D eigenvalue weighted by molar-refractivity contribution is -0.152. The van der Waals surface area contributed by atoms with E-state index in [4.69, 9.17) is 30.6 Å². The van der Waals surface area contributed by atoms with Crippen LogP contribution in [-0.2, 0) is 28.7 Å². The lowest BCUT2D eigenvalue weighted by Gasteiger charge is -2.13. The first-order valence-electron chi connectivity index (χ1n) is 6.35. The highest BCUT2D eigenvalue weighted by Crippen LogP contribution is 2.20. The van der Waals surface area contributed by atoms with Crippen molar-refractivity contribution in [2.75, 3.05) is 13.2 Å². The molecule has 12 nitrogen and oxygen atoms in total. The van der Waals surface area contributed by atoms with Gasteiger partial charge in [0, 0.05) is 0 Å². The monoisotopic (exact) mass is 350 g/mol. The van der Waals surface area contributed by atoms with Crippen molar-refractivity contribution in [2.24, 2.45) is 0 Å². The molecule has 0 radical (unpaired) electrons. The van der Waals surface area contributed by atoms with Crippen LogP contribution in [0.15, 0.2) is 11.5 Å². The van der Waals surface area contributed by atoms with Crippen molar-refractivity contribution in [1.82, 2.24) is 0 Å². The number of esters is 2. The number of aliphatic hydroxyl groups excluding tert-OH is 6. The minimum absolute atomic E-state index is 0.671. The number of Topliss-reactive ketones (excluding diaryl/α,β-unsaturated/α-hetero) is 2. The highest BCUT2D eigenvalue weighted by atomic mass is 16.6. The van der Waals surface area contributed by atoms with Crippen molar-refractivity contribution < 1.29 is 59.3 Å². The molecule has 4 atom stereocenters. The molecule has 0 saturated carbocycles. The Morgan fingerprint density at radius 2 is 1.29 bits per heavy atom. The van der Waals surface area contributed by atoms with Crippen LogP contribution < -0.4 is 0 Å². The molecule has 0 unspecified atom stereocenters. The Kier molecular flexibility index (Phi) is 6.36. The van der Waals surface area contributed by atoms with E-state index in [9.17, 15) is 19.2 Å². The zero-order valence-electron chi connectivity index (χ0n) is 11.9. The topological polar surface area (TPSA) is 208 Å². The summed E-state index contributed by atoms with van der Waals surface area (Å²) < 4.78 is 8.51. The molecule has 0 amide bonds. The molecule has 134 valence electrons. The molecule has 2 aliphatic heterocycles. The Balaban J connectivity index is 0.000000240. The number of carbonyl (C=O) groups is 4. The molecule has 0 aromatic heterocycles. The van der Waals surface area contributed by atoms with Crippen molar-refractivity contribution >= 4 is 23.5 Å². The quantitative estimate of drug-likeness (QED) is 0.212. The van der Waals surface area contributed by atoms with Gasteiger partial charge in [-0.1, -0.05) is 0 Å². The molecule has 12 heteroatoms. The van der Waals surface area contributed by atoms with Gasteiger partial charge < -0.3 is 40.1 Å². The average molecular weight is 350 g/mol. The smallest absolute Gasteiger partial charge is 0.383 e. The van der Waals surface area contributed by atoms with Crippen LogP contribution in [0.1, 0.15) is 0 Å². The summed E-state index contributed by atoms with van der Waals surface area (Å²) >= 11 is 0. The van der Waals surface area contributed by atoms with Crippen LogP contribution >= 0.6 is 0 Å². The fraction of sp³-hybridized carbons (Fsp3) is 0.500. The standard InChI is InChI=1S/C6H8O6.C6H6O6/c2*7-1-2(8)5-3(9)4(10)6(11)12-5/h2,5,7-10H,1H2;2,5,7-8H,1H2/t2*2-,5+/m00/s1. The van der Waals surface area contributed by atoms with E-state index >= 15 is 0 Å². The van der Waals surface area contributed by atoms with Gasteiger partial charge in [-0.3, -0.25) is 9.59 Å². The number of carbonyl (C=O) groups excluding carboxylic acids is 4. The summed E-state index contributed by atoms with van der Waals surface area (Å²) in [5, 5.41) is 52.3. The van der Waals surface area contributed by atoms with E-state index in [1.165, 1.54) is 0 Å². The molecule has 0 aliphatic carbocycles. The predicted octanol–water partition coefficient (Wildman–Crippen LogP) is -4.00. The third-order valence-corrected chi connectivity index (χ3v) is 2.91. The van der Waals surface area contributed by atoms with Crippen LogP contribution in [0.4, 0.5) is 0 Å². The van der Waals surface area contributed by atoms with Gasteiger partial charge in [-0.25, -0.2) is 9.59 Å². The highest BCUT2D eigenvalue weighted by Gasteiger charge is 2.45. The first-order chi connectivity index (χ1) is 11.1. The first kappa shape index (κ1) is 19.5. The number of cyclic esters (lactones) is 2. The summed E-state index contributed by atoms with van der Waals surface area (Å²) in [5.74, 6) is -6.45. The van der Waals surface area contributed by atoms with Crippen LogP contribution in [0.2, 0.25) is 0 Å². The van der Waals surface area contributed by atoms with Gasteiger partial charge in [-0.2, -0.15) is 0 Å². The van der Waals surface area contributed by atoms with Crippen molar-refractivity contribution in [1.29, 1.82) is 0 Å². The number of aliphatic hydroxyl groups is 6. The third kappa shape index (κ3) is 3.86. The Morgan fingerprint density at radius 1 is 0.833 bits per heavy atom. The van der Waals surface area contributed by atoms with Crippen molar-refractivity contribution in [3.8, 4) is 0 Å². The maximum Gasteiger partial charge on any atom is 0.383 e. The summed E-state index contributed by atoms with van der Waals surface area (Å²) in [5.41, 5.74) is 0. The molecule has 6 N–H and O–H groups in total. The molecule has 2 heterocycles. The summed E-state index contributed by atoms with van der Waals surface area (Å²) in [4.78, 5) is 42.2. The molecular weight excluding hydrogens is 336 g/mol. The number of hydrogen-bond donors (Lipinski definition) is 6. The predicted molar refractivity (Wildman–Crippen MR) is 68.2 cm³/mol. The summed E-state index contributed by atoms with van der Waals surface area (Å²) in [6, 6.07) is 0. The maximum absolute atomic E-state index is 10.7. The second-order valence-corrected chi connectivity index (χ2v) is 4.58. The summed E-state index contributed by atoms with van der Waals surface area (Å²) in [6.45, 7) is -1.41. The molecule has 1 fully saturated rings. The van der Waals surface area contributed by atoms with E-state index in [1.807, 2.05) is 0 Å². The first-order valence-corrected chi connectivity index (χ1v) is 6.35. The molecule has 24 heavy (non-hydrogen) atoms. The number of hydrogen-bond acceptors (Lipinski definition) is 12. The largest absolute Gasteiger partial charge is 0.505 e. The number of ether oxygens (including phenoxy) is 2. The molecule has 1 saturated heterocycles. The van der Waals surface area contributed by atoms with Crippen LogP contribution in [0.5, 0.6) is 0 Å². The van der Waals surface area contributed by atoms with E-state index in [0.717, 1.165) is 0 Å². The second-order valence-electron chi connectivity index (χ2n) is 4.58. The Bertz CT molecular complexity index is 569. The Morgan fingerprint density at radius 3 is 1.62 bits per heavy atom. The van der Waals surface area contributed by atoms with E-state index < -0.39 is 72.7 Å². The molecule has 0 spiro atoms. The third-order valence-electron chi connectivity index (χ3n) is 2.91. The fourth-order valence-electron chi connectivity index (χ4n) is 1.62. The molecule has 0 aromatic carbocycles. The normalized spacial score (nSPS) is 25.8. The van der Waals surface area contributed by atoms with Crippen molar-refractivity contribution in [2.45, 2.75) is 24.4 Å². The summed E-state index contributed by atoms with van der Waals surface area (Å²) in [7, 11) is 0. The van der Waals surface area contributed by atoms with Gasteiger partial charge in [-0.05, 0) is 0 Å². The van der Waals surface area contributed by atoms with Gasteiger partial charge in [0.2, 0.25) is 5.76 Å². The molecular formula is C12H14O12. The van der Waals surface area contributed by atoms with Crippen LogP contribution in [0.25, 0.3) is 0 Å². The average Bonchev–Trinajstić information content (AvgIpc) is 2.98. The van der Waals surface area contributed by atoms with Gasteiger partial charge in [0.1, 0.15) is 12.2 Å². The van der Waals surface area contributed by atoms with Crippen LogP contribution in [0, 0.1) is 0 Å². The van der Waals surface area contributed by atoms with E-state index in [1.54, 1.807) is 0 Å². The van der Waals surface area contributed by atoms with E-state index in [-0.39, 0.29) is 0 Å². The van der Waals surface area contributed by atoms with Crippen molar-refractivity contribution in [3.05, 3.63) is 11.5 Å². The van der Waals surface area contributed by atoms with E-state index in [0.29, 0.717) is 0 Å². The second kappa shape index (κ2) is 7.83. The molecule has 0 aromatic rings. The zero-order valence-corrected chi connectivity index (χ0v) is 11.9. The van der Waals surface area contributed by atoms with E-state index in [2.05, 4.69) is 9.47 Å². The molecule has 2 aliphatic rings. The molecule has 0 bridgehead atoms. The zero-order chi connectivity index (χ0) is 18.6. The van der Waals surface area contributed by atoms with Gasteiger partial charge in [-0.15, -0.1) is 0 Å². The summed E-state index contributed by atoms with van der Waals surface area (Å²) in [6.07, 6.45) is -5.83. The maximum atomic E-state index is 10.7. The minimum Gasteiger partial charge on any atom is -0.505 e. The Hall–Kier alpha value is -2.54. The number of rotatable bonds is 4. The SMILES string of the molecule is O=C1O[C@H]([C@@H](O)CO)C(=O)C1=O.O=C1O[C@H]([C@@H](O)CO)C(O)=C1O. The lowest BCUT2D eigenvalue weighted by atomic mass is 10.1. The number of ketones is 2. The fourth-order valence-corrected chi connectivity index (χ4v) is 1.62. The lowest BCUT2D eigenvalue weighted by Crippen LogP contribution is -2.35. The van der Waals surface area contributed by atoms with Gasteiger partial charge >= 0.3 is 17.7 Å². The van der Waals surface area contributed by atoms with Crippen LogP contribution in [0.3, 0.4) is 0 Å². The van der Waals surface area contributed by atoms with Gasteiger partial charge in [0.25, 0.3) is 5.78 Å². The van der Waals surface area contributed by atoms with Crippen LogP contribution in [-0.4, -0.2) is 91.8 Å². The minimum atomic E-state index is -1.53. The highest BCUT2D eigenvalue weighted by molar-refractivity contribution is 6.65. The van der Waals surface area contributed by atoms with Gasteiger partial charge in [0.05, 0.1) is 13.2 Å². The molecule has 2 rings (SSSR count).